The SMILES string of the molecule is C/C(=C\C=N)c1ccccn1. The maximum absolute atomic E-state index is 6.85. The molecular formula is C9H10N2. The van der Waals surface area contributed by atoms with E-state index in [0.29, 0.717) is 0 Å². The Balaban J connectivity index is 2.94. The summed E-state index contributed by atoms with van der Waals surface area (Å²) in [5.74, 6) is 0. The van der Waals surface area contributed by atoms with Crippen molar-refractivity contribution in [1.82, 2.24) is 4.98 Å². The molecule has 0 radical (unpaired) electrons. The average molecular weight is 146 g/mol. The van der Waals surface area contributed by atoms with Gasteiger partial charge in [-0.15, -0.1) is 0 Å². The normalized spacial score (nSPS) is 11.2. The second-order valence-electron chi connectivity index (χ2n) is 2.23. The van der Waals surface area contributed by atoms with Gasteiger partial charge in [0, 0.05) is 12.4 Å². The van der Waals surface area contributed by atoms with Crippen molar-refractivity contribution in [2.24, 2.45) is 0 Å². The van der Waals surface area contributed by atoms with Crippen molar-refractivity contribution < 1.29 is 0 Å². The highest BCUT2D eigenvalue weighted by Gasteiger charge is 1.91. The second-order valence-corrected chi connectivity index (χ2v) is 2.23. The number of allylic oxidation sites excluding steroid dienone is 2. The topological polar surface area (TPSA) is 36.7 Å². The minimum Gasteiger partial charge on any atom is -0.309 e. The molecule has 0 aliphatic carbocycles. The van der Waals surface area contributed by atoms with Gasteiger partial charge < -0.3 is 5.41 Å². The first-order chi connectivity index (χ1) is 5.34. The number of nitrogens with zero attached hydrogens (tertiary/aromatic N) is 1. The van der Waals surface area contributed by atoms with E-state index in [0.717, 1.165) is 11.3 Å². The van der Waals surface area contributed by atoms with Crippen LogP contribution in [0.5, 0.6) is 0 Å². The summed E-state index contributed by atoms with van der Waals surface area (Å²) in [5.41, 5.74) is 1.94. The molecule has 0 aliphatic heterocycles. The highest BCUT2D eigenvalue weighted by molar-refractivity contribution is 5.80. The molecule has 56 valence electrons. The minimum atomic E-state index is 0.927. The van der Waals surface area contributed by atoms with Gasteiger partial charge >= 0.3 is 0 Å². The summed E-state index contributed by atoms with van der Waals surface area (Å²) in [6.45, 7) is 1.94. The third-order valence-corrected chi connectivity index (χ3v) is 1.40. The predicted molar refractivity (Wildman–Crippen MR) is 46.7 cm³/mol. The first-order valence-corrected chi connectivity index (χ1v) is 3.43. The van der Waals surface area contributed by atoms with E-state index >= 15 is 0 Å². The summed E-state index contributed by atoms with van der Waals surface area (Å²) in [5, 5.41) is 6.85. The van der Waals surface area contributed by atoms with Crippen LogP contribution < -0.4 is 0 Å². The van der Waals surface area contributed by atoms with Crippen molar-refractivity contribution in [2.45, 2.75) is 6.92 Å². The van der Waals surface area contributed by atoms with Gasteiger partial charge in [-0.1, -0.05) is 6.07 Å². The Bertz CT molecular complexity index is 262. The van der Waals surface area contributed by atoms with Gasteiger partial charge in [0.2, 0.25) is 0 Å². The highest BCUT2D eigenvalue weighted by Crippen LogP contribution is 2.07. The summed E-state index contributed by atoms with van der Waals surface area (Å²) in [6.07, 6.45) is 4.74. The monoisotopic (exact) mass is 146 g/mol. The molecule has 1 N–H and O–H groups in total. The molecule has 0 spiro atoms. The maximum atomic E-state index is 6.85. The van der Waals surface area contributed by atoms with Crippen molar-refractivity contribution >= 4 is 11.8 Å². The van der Waals surface area contributed by atoms with E-state index in [9.17, 15) is 0 Å². The Kier molecular flexibility index (Phi) is 2.55. The number of nitrogens with one attached hydrogen (secondary N) is 1. The molecule has 0 aromatic carbocycles. The molecule has 0 saturated carbocycles. The molecule has 2 heteroatoms. The van der Waals surface area contributed by atoms with E-state index in [1.807, 2.05) is 25.1 Å². The average Bonchev–Trinajstić information content (AvgIpc) is 2.07. The zero-order chi connectivity index (χ0) is 8.10. The number of aromatic nitrogens is 1. The lowest BCUT2D eigenvalue weighted by Gasteiger charge is -1.95. The summed E-state index contributed by atoms with van der Waals surface area (Å²) >= 11 is 0. The van der Waals surface area contributed by atoms with Crippen LogP contribution in [0, 0.1) is 5.41 Å². The van der Waals surface area contributed by atoms with Crippen LogP contribution in [0.15, 0.2) is 30.5 Å². The van der Waals surface area contributed by atoms with Crippen LogP contribution in [0.4, 0.5) is 0 Å². The number of pyridine rings is 1. The molecule has 1 rings (SSSR count). The van der Waals surface area contributed by atoms with Gasteiger partial charge in [-0.05, 0) is 30.7 Å². The van der Waals surface area contributed by atoms with Gasteiger partial charge in [-0.2, -0.15) is 0 Å². The van der Waals surface area contributed by atoms with E-state index in [4.69, 9.17) is 5.41 Å². The van der Waals surface area contributed by atoms with Crippen LogP contribution >= 0.6 is 0 Å². The second kappa shape index (κ2) is 3.66. The Labute approximate surface area is 66.1 Å². The minimum absolute atomic E-state index is 0.927. The molecule has 0 bridgehead atoms. The quantitative estimate of drug-likeness (QED) is 0.637. The van der Waals surface area contributed by atoms with Gasteiger partial charge in [-0.3, -0.25) is 4.98 Å². The lowest BCUT2D eigenvalue weighted by Crippen LogP contribution is -1.83. The standard InChI is InChI=1S/C9H10N2/c1-8(5-6-10)9-4-2-3-7-11-9/h2-7,10H,1H3/b8-5+,10-6?. The lowest BCUT2D eigenvalue weighted by atomic mass is 10.2. The van der Waals surface area contributed by atoms with E-state index < -0.39 is 0 Å². The highest BCUT2D eigenvalue weighted by atomic mass is 14.7. The Morgan fingerprint density at radius 1 is 1.55 bits per heavy atom. The summed E-state index contributed by atoms with van der Waals surface area (Å²) in [4.78, 5) is 4.13. The largest absolute Gasteiger partial charge is 0.309 e. The molecule has 0 atom stereocenters. The van der Waals surface area contributed by atoms with E-state index in [-0.39, 0.29) is 0 Å². The van der Waals surface area contributed by atoms with Gasteiger partial charge in [0.15, 0.2) is 0 Å². The van der Waals surface area contributed by atoms with Gasteiger partial charge in [0.1, 0.15) is 0 Å². The van der Waals surface area contributed by atoms with Crippen molar-refractivity contribution in [1.29, 1.82) is 5.41 Å². The zero-order valence-electron chi connectivity index (χ0n) is 6.41. The molecule has 2 nitrogen and oxygen atoms in total. The zero-order valence-corrected chi connectivity index (χ0v) is 6.41. The molecule has 0 fully saturated rings. The fourth-order valence-electron chi connectivity index (χ4n) is 0.806. The third kappa shape index (κ3) is 2.00. The molecule has 1 heterocycles. The number of hydrogen-bond acceptors (Lipinski definition) is 2. The molecule has 0 unspecified atom stereocenters. The fourth-order valence-corrected chi connectivity index (χ4v) is 0.806. The Morgan fingerprint density at radius 3 is 2.91 bits per heavy atom. The Hall–Kier alpha value is -1.44. The van der Waals surface area contributed by atoms with Gasteiger partial charge in [0.05, 0.1) is 5.69 Å². The molecular weight excluding hydrogens is 136 g/mol. The summed E-state index contributed by atoms with van der Waals surface area (Å²) in [7, 11) is 0. The molecule has 11 heavy (non-hydrogen) atoms. The van der Waals surface area contributed by atoms with Crippen molar-refractivity contribution in [3.8, 4) is 0 Å². The number of rotatable bonds is 2. The molecule has 1 aromatic rings. The predicted octanol–water partition coefficient (Wildman–Crippen LogP) is 2.13. The smallest absolute Gasteiger partial charge is 0.0659 e. The first kappa shape index (κ1) is 7.66. The van der Waals surface area contributed by atoms with Crippen LogP contribution in [0.25, 0.3) is 5.57 Å². The van der Waals surface area contributed by atoms with Crippen LogP contribution in [0.1, 0.15) is 12.6 Å². The van der Waals surface area contributed by atoms with Crippen molar-refractivity contribution in [3.05, 3.63) is 36.2 Å². The van der Waals surface area contributed by atoms with Crippen LogP contribution in [0.3, 0.4) is 0 Å². The lowest BCUT2D eigenvalue weighted by molar-refractivity contribution is 1.27. The maximum Gasteiger partial charge on any atom is 0.0659 e. The van der Waals surface area contributed by atoms with Crippen LogP contribution in [0.2, 0.25) is 0 Å². The number of hydrogen-bond donors (Lipinski definition) is 1. The molecule has 0 saturated heterocycles. The molecule has 1 aromatic heterocycles. The fraction of sp³-hybridized carbons (Fsp3) is 0.111. The third-order valence-electron chi connectivity index (χ3n) is 1.40. The Morgan fingerprint density at radius 2 is 2.36 bits per heavy atom. The molecule has 0 amide bonds. The molecule has 0 aliphatic rings. The van der Waals surface area contributed by atoms with Crippen molar-refractivity contribution in [3.63, 3.8) is 0 Å². The van der Waals surface area contributed by atoms with Crippen molar-refractivity contribution in [2.75, 3.05) is 0 Å². The van der Waals surface area contributed by atoms with Crippen LogP contribution in [-0.4, -0.2) is 11.2 Å². The summed E-state index contributed by atoms with van der Waals surface area (Å²) < 4.78 is 0. The first-order valence-electron chi connectivity index (χ1n) is 3.43. The van der Waals surface area contributed by atoms with Gasteiger partial charge in [-0.25, -0.2) is 0 Å². The van der Waals surface area contributed by atoms with Crippen LogP contribution in [-0.2, 0) is 0 Å². The van der Waals surface area contributed by atoms with Gasteiger partial charge in [0.25, 0.3) is 0 Å². The summed E-state index contributed by atoms with van der Waals surface area (Å²) in [6, 6.07) is 5.74. The van der Waals surface area contributed by atoms with E-state index in [1.54, 1.807) is 12.3 Å². The van der Waals surface area contributed by atoms with E-state index in [2.05, 4.69) is 4.98 Å². The van der Waals surface area contributed by atoms with E-state index in [1.165, 1.54) is 6.21 Å².